The lowest BCUT2D eigenvalue weighted by molar-refractivity contribution is -0.130. The van der Waals surface area contributed by atoms with E-state index >= 15 is 0 Å². The Balaban J connectivity index is 2.46. The summed E-state index contributed by atoms with van der Waals surface area (Å²) in [6.07, 6.45) is 0.412. The molecule has 18 heavy (non-hydrogen) atoms. The lowest BCUT2D eigenvalue weighted by Gasteiger charge is -2.18. The zero-order chi connectivity index (χ0) is 13.5. The van der Waals surface area contributed by atoms with Gasteiger partial charge < -0.3 is 16.0 Å². The van der Waals surface area contributed by atoms with Crippen molar-refractivity contribution in [3.8, 4) is 0 Å². The monoisotopic (exact) mass is 270 g/mol. The summed E-state index contributed by atoms with van der Waals surface area (Å²) >= 11 is 5.77. The number of nitrogen functional groups attached to an aromatic ring is 1. The van der Waals surface area contributed by atoms with E-state index < -0.39 is 0 Å². The molecule has 1 amide bonds. The number of aromatic nitrogens is 1. The fourth-order valence-corrected chi connectivity index (χ4v) is 1.76. The van der Waals surface area contributed by atoms with Crippen molar-refractivity contribution in [3.63, 3.8) is 0 Å². The van der Waals surface area contributed by atoms with Crippen LogP contribution in [0.1, 0.15) is 20.3 Å². The number of pyridine rings is 1. The Kier molecular flexibility index (Phi) is 5.71. The number of rotatable bonds is 6. The Hall–Kier alpha value is -1.49. The third-order valence-corrected chi connectivity index (χ3v) is 2.85. The minimum atomic E-state index is 0.119. The Morgan fingerprint density at radius 3 is 2.72 bits per heavy atom. The van der Waals surface area contributed by atoms with Crippen LogP contribution in [-0.4, -0.2) is 35.4 Å². The molecule has 1 aromatic heterocycles. The fraction of sp³-hybridized carbons (Fsp3) is 0.500. The summed E-state index contributed by atoms with van der Waals surface area (Å²) in [6, 6.07) is 3.31. The standard InChI is InChI=1S/C12H19ClN4O/c1-3-17(4-2)11(18)7-8-15-12-9(14)5-6-10(13)16-12/h5-6H,3-4,7-8,14H2,1-2H3,(H,15,16). The topological polar surface area (TPSA) is 71.2 Å². The van der Waals surface area contributed by atoms with Gasteiger partial charge in [-0.05, 0) is 26.0 Å². The molecule has 0 aliphatic rings. The van der Waals surface area contributed by atoms with Gasteiger partial charge in [0.05, 0.1) is 5.69 Å². The van der Waals surface area contributed by atoms with Gasteiger partial charge >= 0.3 is 0 Å². The van der Waals surface area contributed by atoms with Crippen LogP contribution in [0.5, 0.6) is 0 Å². The molecule has 0 saturated carbocycles. The van der Waals surface area contributed by atoms with Gasteiger partial charge in [-0.1, -0.05) is 11.6 Å². The highest BCUT2D eigenvalue weighted by Gasteiger charge is 2.09. The summed E-state index contributed by atoms with van der Waals surface area (Å²) in [5.41, 5.74) is 6.26. The SMILES string of the molecule is CCN(CC)C(=O)CCNc1nc(Cl)ccc1N. The normalized spacial score (nSPS) is 10.2. The lowest BCUT2D eigenvalue weighted by atomic mass is 10.3. The number of amides is 1. The van der Waals surface area contributed by atoms with E-state index in [9.17, 15) is 4.79 Å². The minimum absolute atomic E-state index is 0.119. The van der Waals surface area contributed by atoms with Crippen molar-refractivity contribution < 1.29 is 4.79 Å². The Morgan fingerprint density at radius 1 is 1.44 bits per heavy atom. The van der Waals surface area contributed by atoms with E-state index in [1.165, 1.54) is 0 Å². The van der Waals surface area contributed by atoms with Crippen molar-refractivity contribution in [2.45, 2.75) is 20.3 Å². The van der Waals surface area contributed by atoms with E-state index in [0.29, 0.717) is 29.6 Å². The molecular formula is C12H19ClN4O. The first-order valence-corrected chi connectivity index (χ1v) is 6.40. The van der Waals surface area contributed by atoms with Gasteiger partial charge in [0.25, 0.3) is 0 Å². The number of halogens is 1. The molecule has 1 aromatic rings. The number of carbonyl (C=O) groups excluding carboxylic acids is 1. The highest BCUT2D eigenvalue weighted by molar-refractivity contribution is 6.29. The van der Waals surface area contributed by atoms with Gasteiger partial charge in [-0.15, -0.1) is 0 Å². The molecule has 6 heteroatoms. The number of nitrogens with zero attached hydrogens (tertiary/aromatic N) is 2. The van der Waals surface area contributed by atoms with Crippen molar-refractivity contribution in [3.05, 3.63) is 17.3 Å². The second-order valence-corrected chi connectivity index (χ2v) is 4.20. The van der Waals surface area contributed by atoms with Gasteiger partial charge in [-0.3, -0.25) is 4.79 Å². The molecule has 100 valence electrons. The molecule has 0 aromatic carbocycles. The second kappa shape index (κ2) is 7.06. The molecule has 5 nitrogen and oxygen atoms in total. The maximum absolute atomic E-state index is 11.8. The van der Waals surface area contributed by atoms with Crippen LogP contribution in [-0.2, 0) is 4.79 Å². The van der Waals surface area contributed by atoms with Crippen LogP contribution in [0.2, 0.25) is 5.15 Å². The minimum Gasteiger partial charge on any atom is -0.396 e. The summed E-state index contributed by atoms with van der Waals surface area (Å²) in [4.78, 5) is 17.6. The van der Waals surface area contributed by atoms with Gasteiger partial charge in [0.15, 0.2) is 5.82 Å². The van der Waals surface area contributed by atoms with Gasteiger partial charge in [0, 0.05) is 26.1 Å². The molecule has 1 rings (SSSR count). The molecule has 3 N–H and O–H groups in total. The van der Waals surface area contributed by atoms with Crippen LogP contribution in [0.4, 0.5) is 11.5 Å². The number of hydrogen-bond donors (Lipinski definition) is 2. The van der Waals surface area contributed by atoms with Crippen LogP contribution in [0.15, 0.2) is 12.1 Å². The maximum atomic E-state index is 11.8. The summed E-state index contributed by atoms with van der Waals surface area (Å²) in [6.45, 7) is 5.88. The number of anilines is 2. The number of nitrogens with two attached hydrogens (primary N) is 1. The first-order chi connectivity index (χ1) is 8.58. The van der Waals surface area contributed by atoms with Crippen molar-refractivity contribution in [2.75, 3.05) is 30.7 Å². The molecule has 0 spiro atoms. The van der Waals surface area contributed by atoms with E-state index in [0.717, 1.165) is 13.1 Å². The van der Waals surface area contributed by atoms with E-state index in [1.54, 1.807) is 17.0 Å². The van der Waals surface area contributed by atoms with Gasteiger partial charge in [0.1, 0.15) is 5.15 Å². The Bertz CT molecular complexity index is 407. The fourth-order valence-electron chi connectivity index (χ4n) is 1.61. The largest absolute Gasteiger partial charge is 0.396 e. The lowest BCUT2D eigenvalue weighted by Crippen LogP contribution is -2.31. The van der Waals surface area contributed by atoms with E-state index in [2.05, 4.69) is 10.3 Å². The summed E-state index contributed by atoms with van der Waals surface area (Å²) < 4.78 is 0. The third kappa shape index (κ3) is 4.07. The third-order valence-electron chi connectivity index (χ3n) is 2.64. The second-order valence-electron chi connectivity index (χ2n) is 3.81. The zero-order valence-electron chi connectivity index (χ0n) is 10.7. The van der Waals surface area contributed by atoms with Crippen LogP contribution in [0.3, 0.4) is 0 Å². The Morgan fingerprint density at radius 2 is 2.11 bits per heavy atom. The van der Waals surface area contributed by atoms with E-state index in [-0.39, 0.29) is 5.91 Å². The molecule has 0 unspecified atom stereocenters. The zero-order valence-corrected chi connectivity index (χ0v) is 11.5. The first-order valence-electron chi connectivity index (χ1n) is 6.02. The van der Waals surface area contributed by atoms with Crippen molar-refractivity contribution >= 4 is 29.0 Å². The summed E-state index contributed by atoms with van der Waals surface area (Å²) in [5, 5.41) is 3.40. The molecule has 0 atom stereocenters. The molecule has 0 aliphatic heterocycles. The number of hydrogen-bond acceptors (Lipinski definition) is 4. The van der Waals surface area contributed by atoms with Crippen LogP contribution in [0.25, 0.3) is 0 Å². The quantitative estimate of drug-likeness (QED) is 0.776. The predicted octanol–water partition coefficient (Wildman–Crippen LogP) is 1.99. The van der Waals surface area contributed by atoms with Crippen LogP contribution in [0, 0.1) is 0 Å². The Labute approximate surface area is 112 Å². The smallest absolute Gasteiger partial charge is 0.224 e. The van der Waals surface area contributed by atoms with Gasteiger partial charge in [0.2, 0.25) is 5.91 Å². The number of nitrogens with one attached hydrogen (secondary N) is 1. The van der Waals surface area contributed by atoms with Crippen LogP contribution >= 0.6 is 11.6 Å². The van der Waals surface area contributed by atoms with E-state index in [1.807, 2.05) is 13.8 Å². The summed E-state index contributed by atoms with van der Waals surface area (Å²) in [5.74, 6) is 0.642. The van der Waals surface area contributed by atoms with Gasteiger partial charge in [-0.25, -0.2) is 4.98 Å². The predicted molar refractivity (Wildman–Crippen MR) is 74.7 cm³/mol. The van der Waals surface area contributed by atoms with Crippen molar-refractivity contribution in [1.82, 2.24) is 9.88 Å². The molecule has 1 heterocycles. The molecule has 0 fully saturated rings. The summed E-state index contributed by atoms with van der Waals surface area (Å²) in [7, 11) is 0. The van der Waals surface area contributed by atoms with Gasteiger partial charge in [-0.2, -0.15) is 0 Å². The molecule has 0 aliphatic carbocycles. The molecule has 0 radical (unpaired) electrons. The molecule has 0 bridgehead atoms. The molecule has 0 saturated heterocycles. The van der Waals surface area contributed by atoms with Crippen molar-refractivity contribution in [1.29, 1.82) is 0 Å². The maximum Gasteiger partial charge on any atom is 0.224 e. The molecular weight excluding hydrogens is 252 g/mol. The average molecular weight is 271 g/mol. The highest BCUT2D eigenvalue weighted by Crippen LogP contribution is 2.18. The first kappa shape index (κ1) is 14.6. The van der Waals surface area contributed by atoms with Crippen molar-refractivity contribution in [2.24, 2.45) is 0 Å². The highest BCUT2D eigenvalue weighted by atomic mass is 35.5. The average Bonchev–Trinajstić information content (AvgIpc) is 2.35. The van der Waals surface area contributed by atoms with E-state index in [4.69, 9.17) is 17.3 Å². The number of carbonyl (C=O) groups is 1. The van der Waals surface area contributed by atoms with Crippen LogP contribution < -0.4 is 11.1 Å².